The monoisotopic (exact) mass is 437 g/mol. The molecule has 1 amide bonds. The Morgan fingerprint density at radius 2 is 1.53 bits per heavy atom. The normalized spacial score (nSPS) is 16.0. The van der Waals surface area contributed by atoms with Gasteiger partial charge in [-0.2, -0.15) is 0 Å². The highest BCUT2D eigenvalue weighted by molar-refractivity contribution is 5.95. The maximum Gasteiger partial charge on any atom is 0.335 e. The van der Waals surface area contributed by atoms with Crippen LogP contribution < -0.4 is 5.32 Å². The number of hydrogen-bond acceptors (Lipinski definition) is 4. The molecule has 170 valence electrons. The van der Waals surface area contributed by atoms with Crippen LogP contribution in [0.15, 0.2) is 36.4 Å². The van der Waals surface area contributed by atoms with Gasteiger partial charge in [0.25, 0.3) is 5.91 Å². The molecule has 1 aliphatic carbocycles. The van der Waals surface area contributed by atoms with Crippen molar-refractivity contribution in [2.24, 2.45) is 0 Å². The van der Waals surface area contributed by atoms with Crippen LogP contribution in [0.5, 0.6) is 0 Å². The summed E-state index contributed by atoms with van der Waals surface area (Å²) in [6, 6.07) is 9.96. The minimum atomic E-state index is -1.04. The lowest BCUT2D eigenvalue weighted by atomic mass is 9.61. The molecular weight excluding hydrogens is 406 g/mol. The SMILES string of the molecule is CC(=O)OCc1c(CNC(=O)c2ccc(C(=O)O)cc2)ccc2c1C(C)(C)CCC2(C)C. The topological polar surface area (TPSA) is 92.7 Å². The number of carbonyl (C=O) groups is 3. The number of carboxylic acid groups (broad SMARTS) is 1. The van der Waals surface area contributed by atoms with Gasteiger partial charge in [-0.05, 0) is 70.2 Å². The quantitative estimate of drug-likeness (QED) is 0.638. The molecule has 0 radical (unpaired) electrons. The van der Waals surface area contributed by atoms with E-state index in [4.69, 9.17) is 9.84 Å². The van der Waals surface area contributed by atoms with Gasteiger partial charge < -0.3 is 15.2 Å². The van der Waals surface area contributed by atoms with E-state index in [9.17, 15) is 14.4 Å². The Labute approximate surface area is 189 Å². The van der Waals surface area contributed by atoms with Gasteiger partial charge in [-0.25, -0.2) is 4.79 Å². The number of nitrogens with one attached hydrogen (secondary N) is 1. The summed E-state index contributed by atoms with van der Waals surface area (Å²) in [5, 5.41) is 11.9. The molecule has 2 aromatic carbocycles. The molecular formula is C26H31NO5. The van der Waals surface area contributed by atoms with Crippen LogP contribution in [0.25, 0.3) is 0 Å². The van der Waals surface area contributed by atoms with E-state index < -0.39 is 5.97 Å². The van der Waals surface area contributed by atoms with Crippen molar-refractivity contribution in [2.45, 2.75) is 71.4 Å². The Hall–Kier alpha value is -3.15. The summed E-state index contributed by atoms with van der Waals surface area (Å²) in [5.41, 5.74) is 4.78. The number of ether oxygens (including phenoxy) is 1. The predicted octanol–water partition coefficient (Wildman–Crippen LogP) is 4.73. The zero-order chi connectivity index (χ0) is 23.7. The van der Waals surface area contributed by atoms with Gasteiger partial charge in [0.1, 0.15) is 6.61 Å². The van der Waals surface area contributed by atoms with Crippen LogP contribution >= 0.6 is 0 Å². The summed E-state index contributed by atoms with van der Waals surface area (Å²) in [6.07, 6.45) is 2.09. The van der Waals surface area contributed by atoms with Gasteiger partial charge in [0.05, 0.1) is 5.56 Å². The van der Waals surface area contributed by atoms with E-state index >= 15 is 0 Å². The van der Waals surface area contributed by atoms with Gasteiger partial charge in [0.15, 0.2) is 0 Å². The largest absolute Gasteiger partial charge is 0.478 e. The van der Waals surface area contributed by atoms with Crippen molar-refractivity contribution in [2.75, 3.05) is 0 Å². The number of carbonyl (C=O) groups excluding carboxylic acids is 2. The first-order chi connectivity index (χ1) is 14.9. The highest BCUT2D eigenvalue weighted by Gasteiger charge is 2.39. The summed E-state index contributed by atoms with van der Waals surface area (Å²) in [5.74, 6) is -1.67. The fourth-order valence-corrected chi connectivity index (χ4v) is 4.46. The second-order valence-electron chi connectivity index (χ2n) is 9.74. The molecule has 0 spiro atoms. The van der Waals surface area contributed by atoms with Gasteiger partial charge in [-0.3, -0.25) is 9.59 Å². The number of aromatic carboxylic acids is 1. The molecule has 0 atom stereocenters. The van der Waals surface area contributed by atoms with Crippen LogP contribution in [0.3, 0.4) is 0 Å². The molecule has 6 nitrogen and oxygen atoms in total. The fourth-order valence-electron chi connectivity index (χ4n) is 4.46. The molecule has 32 heavy (non-hydrogen) atoms. The third-order valence-electron chi connectivity index (χ3n) is 6.44. The van der Waals surface area contributed by atoms with E-state index in [0.717, 1.165) is 24.0 Å². The maximum absolute atomic E-state index is 12.7. The van der Waals surface area contributed by atoms with Gasteiger partial charge in [-0.1, -0.05) is 39.8 Å². The number of benzene rings is 2. The molecule has 0 aliphatic heterocycles. The average Bonchev–Trinajstić information content (AvgIpc) is 2.73. The minimum absolute atomic E-state index is 0.0174. The minimum Gasteiger partial charge on any atom is -0.478 e. The van der Waals surface area contributed by atoms with Crippen LogP contribution in [0.4, 0.5) is 0 Å². The molecule has 0 heterocycles. The lowest BCUT2D eigenvalue weighted by Gasteiger charge is -2.43. The van der Waals surface area contributed by atoms with E-state index in [1.54, 1.807) is 0 Å². The summed E-state index contributed by atoms with van der Waals surface area (Å²) in [7, 11) is 0. The number of amides is 1. The number of esters is 1. The Balaban J connectivity index is 1.92. The molecule has 0 aromatic heterocycles. The van der Waals surface area contributed by atoms with Crippen LogP contribution in [0, 0.1) is 0 Å². The molecule has 0 saturated heterocycles. The first-order valence-corrected chi connectivity index (χ1v) is 10.8. The average molecular weight is 438 g/mol. The van der Waals surface area contributed by atoms with Crippen LogP contribution in [-0.2, 0) is 33.5 Å². The Morgan fingerprint density at radius 3 is 2.12 bits per heavy atom. The number of fused-ring (bicyclic) bond motifs is 1. The summed E-state index contributed by atoms with van der Waals surface area (Å²) >= 11 is 0. The third-order valence-corrected chi connectivity index (χ3v) is 6.44. The van der Waals surface area contributed by atoms with E-state index in [2.05, 4.69) is 39.1 Å². The molecule has 2 N–H and O–H groups in total. The van der Waals surface area contributed by atoms with Crippen molar-refractivity contribution in [3.8, 4) is 0 Å². The van der Waals surface area contributed by atoms with Crippen molar-refractivity contribution in [3.05, 3.63) is 69.8 Å². The summed E-state index contributed by atoms with van der Waals surface area (Å²) < 4.78 is 5.42. The van der Waals surface area contributed by atoms with Crippen molar-refractivity contribution in [1.82, 2.24) is 5.32 Å². The van der Waals surface area contributed by atoms with Gasteiger partial charge in [0.2, 0.25) is 0 Å². The number of hydrogen-bond donors (Lipinski definition) is 2. The smallest absolute Gasteiger partial charge is 0.335 e. The fraction of sp³-hybridized carbons (Fsp3) is 0.423. The number of carboxylic acids is 1. The van der Waals surface area contributed by atoms with Crippen molar-refractivity contribution in [1.29, 1.82) is 0 Å². The first-order valence-electron chi connectivity index (χ1n) is 10.8. The maximum atomic E-state index is 12.7. The molecule has 3 rings (SSSR count). The standard InChI is InChI=1S/C26H31NO5/c1-16(28)32-15-20-19(10-11-21-22(20)26(4,5)13-12-25(21,2)3)14-27-23(29)17-6-8-18(9-7-17)24(30)31/h6-11H,12-15H2,1-5H3,(H,27,29)(H,30,31). The highest BCUT2D eigenvalue weighted by atomic mass is 16.5. The van der Waals surface area contributed by atoms with Crippen LogP contribution in [-0.4, -0.2) is 23.0 Å². The Kier molecular flexibility index (Phi) is 6.44. The van der Waals surface area contributed by atoms with Gasteiger partial charge in [0, 0.05) is 19.0 Å². The van der Waals surface area contributed by atoms with Gasteiger partial charge >= 0.3 is 11.9 Å². The predicted molar refractivity (Wildman–Crippen MR) is 122 cm³/mol. The highest BCUT2D eigenvalue weighted by Crippen LogP contribution is 2.48. The second-order valence-corrected chi connectivity index (χ2v) is 9.74. The molecule has 0 fully saturated rings. The zero-order valence-corrected chi connectivity index (χ0v) is 19.4. The zero-order valence-electron chi connectivity index (χ0n) is 19.4. The second kappa shape index (κ2) is 8.77. The lowest BCUT2D eigenvalue weighted by molar-refractivity contribution is -0.142. The lowest BCUT2D eigenvalue weighted by Crippen LogP contribution is -2.36. The van der Waals surface area contributed by atoms with Crippen molar-refractivity contribution >= 4 is 17.8 Å². The van der Waals surface area contributed by atoms with E-state index in [1.807, 2.05) is 6.07 Å². The third kappa shape index (κ3) is 4.85. The van der Waals surface area contributed by atoms with Crippen molar-refractivity contribution < 1.29 is 24.2 Å². The summed E-state index contributed by atoms with van der Waals surface area (Å²) in [4.78, 5) is 35.2. The van der Waals surface area contributed by atoms with Gasteiger partial charge in [-0.15, -0.1) is 0 Å². The van der Waals surface area contributed by atoms with Crippen LogP contribution in [0.1, 0.15) is 90.4 Å². The molecule has 2 aromatic rings. The Morgan fingerprint density at radius 1 is 0.938 bits per heavy atom. The molecule has 0 unspecified atom stereocenters. The van der Waals surface area contributed by atoms with E-state index in [0.29, 0.717) is 5.56 Å². The molecule has 1 aliphatic rings. The molecule has 0 bridgehead atoms. The molecule has 6 heteroatoms. The van der Waals surface area contributed by atoms with E-state index in [1.165, 1.54) is 42.3 Å². The van der Waals surface area contributed by atoms with Crippen LogP contribution in [0.2, 0.25) is 0 Å². The molecule has 0 saturated carbocycles. The number of rotatable bonds is 6. The Bertz CT molecular complexity index is 1050. The first kappa shape index (κ1) is 23.5. The van der Waals surface area contributed by atoms with Crippen molar-refractivity contribution in [3.63, 3.8) is 0 Å². The summed E-state index contributed by atoms with van der Waals surface area (Å²) in [6.45, 7) is 10.7. The van der Waals surface area contributed by atoms with E-state index in [-0.39, 0.29) is 41.4 Å².